The molecule has 1 saturated heterocycles. The van der Waals surface area contributed by atoms with E-state index in [4.69, 9.17) is 9.47 Å². The van der Waals surface area contributed by atoms with E-state index in [-0.39, 0.29) is 10.8 Å². The van der Waals surface area contributed by atoms with Gasteiger partial charge in [0.15, 0.2) is 0 Å². The fourth-order valence-electron chi connectivity index (χ4n) is 3.44. The molecule has 9 nitrogen and oxygen atoms in total. The van der Waals surface area contributed by atoms with Crippen molar-refractivity contribution in [2.24, 2.45) is 0 Å². The second-order valence-corrected chi connectivity index (χ2v) is 8.96. The van der Waals surface area contributed by atoms with Crippen LogP contribution in [0.25, 0.3) is 0 Å². The van der Waals surface area contributed by atoms with Crippen molar-refractivity contribution in [1.29, 1.82) is 0 Å². The third-order valence-electron chi connectivity index (χ3n) is 5.12. The predicted molar refractivity (Wildman–Crippen MR) is 125 cm³/mol. The third-order valence-corrected chi connectivity index (χ3v) is 6.54. The van der Waals surface area contributed by atoms with Gasteiger partial charge in [0.2, 0.25) is 0 Å². The number of aromatic nitrogens is 1. The molecule has 2 heterocycles. The molecule has 0 atom stereocenters. The number of methoxy groups -OCH3 is 1. The molecule has 4 rings (SSSR count). The number of ether oxygens (including phenoxy) is 2. The third kappa shape index (κ3) is 5.41. The molecule has 2 aromatic carbocycles. The molecule has 1 fully saturated rings. The first-order valence-electron chi connectivity index (χ1n) is 10.3. The van der Waals surface area contributed by atoms with Crippen molar-refractivity contribution in [3.8, 4) is 5.75 Å². The van der Waals surface area contributed by atoms with Crippen molar-refractivity contribution in [3.63, 3.8) is 0 Å². The van der Waals surface area contributed by atoms with Gasteiger partial charge in [-0.05, 0) is 54.6 Å². The summed E-state index contributed by atoms with van der Waals surface area (Å²) in [6, 6.07) is 14.7. The highest BCUT2D eigenvalue weighted by atomic mass is 32.2. The number of sulfonamides is 1. The monoisotopic (exact) mass is 468 g/mol. The Morgan fingerprint density at radius 3 is 2.45 bits per heavy atom. The normalized spacial score (nSPS) is 13.9. The Kier molecular flexibility index (Phi) is 6.76. The summed E-state index contributed by atoms with van der Waals surface area (Å²) >= 11 is 0. The van der Waals surface area contributed by atoms with Crippen LogP contribution in [0.1, 0.15) is 10.4 Å². The molecule has 1 amide bonds. The van der Waals surface area contributed by atoms with Gasteiger partial charge in [-0.3, -0.25) is 14.5 Å². The molecule has 0 saturated carbocycles. The molecule has 10 heteroatoms. The van der Waals surface area contributed by atoms with E-state index in [1.807, 2.05) is 4.90 Å². The molecular weight excluding hydrogens is 444 g/mol. The smallest absolute Gasteiger partial charge is 0.264 e. The second-order valence-electron chi connectivity index (χ2n) is 7.31. The van der Waals surface area contributed by atoms with Crippen molar-refractivity contribution in [3.05, 3.63) is 72.6 Å². The number of rotatable bonds is 7. The molecule has 1 aliphatic rings. The van der Waals surface area contributed by atoms with Gasteiger partial charge in [-0.25, -0.2) is 8.42 Å². The Morgan fingerprint density at radius 1 is 1.06 bits per heavy atom. The Bertz CT molecular complexity index is 1210. The van der Waals surface area contributed by atoms with Crippen LogP contribution in [-0.4, -0.2) is 52.7 Å². The molecule has 3 aromatic rings. The number of hydrogen-bond donors (Lipinski definition) is 2. The summed E-state index contributed by atoms with van der Waals surface area (Å²) in [4.78, 5) is 18.5. The van der Waals surface area contributed by atoms with E-state index in [9.17, 15) is 13.2 Å². The van der Waals surface area contributed by atoms with Gasteiger partial charge in [0.05, 0.1) is 31.6 Å². The number of pyridine rings is 1. The minimum Gasteiger partial charge on any atom is -0.497 e. The summed E-state index contributed by atoms with van der Waals surface area (Å²) in [6.45, 7) is 2.13. The van der Waals surface area contributed by atoms with Crippen LogP contribution in [-0.2, 0) is 14.8 Å². The zero-order valence-corrected chi connectivity index (χ0v) is 18.8. The van der Waals surface area contributed by atoms with Gasteiger partial charge in [0.25, 0.3) is 15.9 Å². The number of nitrogens with one attached hydrogen (secondary N) is 2. The molecule has 0 unspecified atom stereocenters. The van der Waals surface area contributed by atoms with Gasteiger partial charge in [0.1, 0.15) is 10.6 Å². The number of amides is 1. The average Bonchev–Trinajstić information content (AvgIpc) is 2.85. The first-order chi connectivity index (χ1) is 16.0. The van der Waals surface area contributed by atoms with E-state index in [0.29, 0.717) is 54.7 Å². The van der Waals surface area contributed by atoms with Crippen LogP contribution >= 0.6 is 0 Å². The topological polar surface area (TPSA) is 110 Å². The Hall–Kier alpha value is -3.63. The van der Waals surface area contributed by atoms with Gasteiger partial charge in [0, 0.05) is 36.9 Å². The van der Waals surface area contributed by atoms with Gasteiger partial charge in [-0.2, -0.15) is 0 Å². The largest absolute Gasteiger partial charge is 0.497 e. The summed E-state index contributed by atoms with van der Waals surface area (Å²) < 4.78 is 40.0. The maximum atomic E-state index is 13.4. The van der Waals surface area contributed by atoms with Gasteiger partial charge >= 0.3 is 0 Å². The summed E-state index contributed by atoms with van der Waals surface area (Å²) in [6.07, 6.45) is 3.02. The summed E-state index contributed by atoms with van der Waals surface area (Å²) in [5.74, 6) is 0.237. The van der Waals surface area contributed by atoms with Crippen LogP contribution in [0.4, 0.5) is 17.1 Å². The van der Waals surface area contributed by atoms with Gasteiger partial charge < -0.3 is 19.7 Å². The van der Waals surface area contributed by atoms with E-state index in [0.717, 1.165) is 0 Å². The molecule has 0 radical (unpaired) electrons. The molecule has 1 aliphatic heterocycles. The molecule has 0 spiro atoms. The first kappa shape index (κ1) is 22.6. The number of morpholine rings is 1. The number of hydrogen-bond acceptors (Lipinski definition) is 7. The fourth-order valence-corrected chi connectivity index (χ4v) is 4.75. The molecule has 1 aromatic heterocycles. The van der Waals surface area contributed by atoms with Crippen molar-refractivity contribution in [2.45, 2.75) is 4.90 Å². The van der Waals surface area contributed by atoms with Crippen LogP contribution in [0.5, 0.6) is 5.75 Å². The Morgan fingerprint density at radius 2 is 1.79 bits per heavy atom. The molecule has 0 aliphatic carbocycles. The summed E-state index contributed by atoms with van der Waals surface area (Å²) in [5.41, 5.74) is 1.67. The first-order valence-corrected chi connectivity index (χ1v) is 11.8. The SMILES string of the molecule is COc1ccc(NS(=O)(=O)c2cc(NC(=O)c3cccnc3)ccc2N2CCOCC2)cc1. The number of carbonyl (C=O) groups is 1. The van der Waals surface area contributed by atoms with Gasteiger partial charge in [-0.15, -0.1) is 0 Å². The lowest BCUT2D eigenvalue weighted by Crippen LogP contribution is -2.37. The van der Waals surface area contributed by atoms with Crippen LogP contribution in [0.3, 0.4) is 0 Å². The van der Waals surface area contributed by atoms with Crippen molar-refractivity contribution >= 4 is 33.0 Å². The van der Waals surface area contributed by atoms with Crippen LogP contribution in [0, 0.1) is 0 Å². The maximum Gasteiger partial charge on any atom is 0.264 e. The number of benzene rings is 2. The number of anilines is 3. The lowest BCUT2D eigenvalue weighted by atomic mass is 10.2. The van der Waals surface area contributed by atoms with E-state index in [1.54, 1.807) is 61.8 Å². The van der Waals surface area contributed by atoms with Crippen molar-refractivity contribution in [1.82, 2.24) is 4.98 Å². The minimum absolute atomic E-state index is 0.0594. The maximum absolute atomic E-state index is 13.4. The molecule has 172 valence electrons. The van der Waals surface area contributed by atoms with E-state index in [1.165, 1.54) is 12.3 Å². The highest BCUT2D eigenvalue weighted by molar-refractivity contribution is 7.92. The van der Waals surface area contributed by atoms with Crippen molar-refractivity contribution < 1.29 is 22.7 Å². The van der Waals surface area contributed by atoms with E-state index < -0.39 is 10.0 Å². The minimum atomic E-state index is -3.97. The highest BCUT2D eigenvalue weighted by Gasteiger charge is 2.24. The summed E-state index contributed by atoms with van der Waals surface area (Å²) in [5, 5.41) is 2.75. The second kappa shape index (κ2) is 9.88. The summed E-state index contributed by atoms with van der Waals surface area (Å²) in [7, 11) is -2.43. The van der Waals surface area contributed by atoms with Crippen LogP contribution in [0.15, 0.2) is 71.9 Å². The Labute approximate surface area is 192 Å². The molecule has 33 heavy (non-hydrogen) atoms. The zero-order chi connectivity index (χ0) is 23.3. The average molecular weight is 469 g/mol. The molecule has 0 bridgehead atoms. The number of carbonyl (C=O) groups excluding carboxylic acids is 1. The van der Waals surface area contributed by atoms with Crippen LogP contribution in [0.2, 0.25) is 0 Å². The van der Waals surface area contributed by atoms with Crippen molar-refractivity contribution in [2.75, 3.05) is 48.4 Å². The quantitative estimate of drug-likeness (QED) is 0.549. The molecule has 2 N–H and O–H groups in total. The predicted octanol–water partition coefficient (Wildman–Crippen LogP) is 2.98. The van der Waals surface area contributed by atoms with Gasteiger partial charge in [-0.1, -0.05) is 0 Å². The lowest BCUT2D eigenvalue weighted by molar-refractivity contribution is 0.102. The Balaban J connectivity index is 1.67. The standard InChI is InChI=1S/C23H24N4O5S/c1-31-20-7-4-18(5-8-20)26-33(29,30)22-15-19(25-23(28)17-3-2-10-24-16-17)6-9-21(22)27-11-13-32-14-12-27/h2-10,15-16,26H,11-14H2,1H3,(H,25,28). The van der Waals surface area contributed by atoms with E-state index in [2.05, 4.69) is 15.0 Å². The zero-order valence-electron chi connectivity index (χ0n) is 18.0. The lowest BCUT2D eigenvalue weighted by Gasteiger charge is -2.30. The van der Waals surface area contributed by atoms with E-state index >= 15 is 0 Å². The molecular formula is C23H24N4O5S. The fraction of sp³-hybridized carbons (Fsp3) is 0.217. The van der Waals surface area contributed by atoms with Crippen LogP contribution < -0.4 is 19.7 Å². The highest BCUT2D eigenvalue weighted by Crippen LogP contribution is 2.31. The number of nitrogens with zero attached hydrogens (tertiary/aromatic N) is 2.